The number of hydrogen-bond donors (Lipinski definition) is 2. The summed E-state index contributed by atoms with van der Waals surface area (Å²) in [7, 11) is 0. The van der Waals surface area contributed by atoms with Crippen molar-refractivity contribution in [2.45, 2.75) is 37.3 Å². The number of benzene rings is 1. The summed E-state index contributed by atoms with van der Waals surface area (Å²) in [6, 6.07) is 10.2. The minimum atomic E-state index is -0.227. The normalized spacial score (nSPS) is 27.9. The Morgan fingerprint density at radius 3 is 2.80 bits per heavy atom. The van der Waals surface area contributed by atoms with E-state index in [4.69, 9.17) is 4.74 Å². The van der Waals surface area contributed by atoms with Gasteiger partial charge in [-0.3, -0.25) is 4.79 Å². The fourth-order valence-corrected chi connectivity index (χ4v) is 2.90. The van der Waals surface area contributed by atoms with Gasteiger partial charge in [0, 0.05) is 18.5 Å². The van der Waals surface area contributed by atoms with Crippen molar-refractivity contribution in [1.82, 2.24) is 10.6 Å². The highest BCUT2D eigenvalue weighted by atomic mass is 16.5. The summed E-state index contributed by atoms with van der Waals surface area (Å²) < 4.78 is 5.52. The zero-order valence-electron chi connectivity index (χ0n) is 11.9. The van der Waals surface area contributed by atoms with E-state index in [9.17, 15) is 4.79 Å². The van der Waals surface area contributed by atoms with Crippen LogP contribution in [0.5, 0.6) is 0 Å². The van der Waals surface area contributed by atoms with Gasteiger partial charge in [0.1, 0.15) is 6.04 Å². The van der Waals surface area contributed by atoms with Gasteiger partial charge in [-0.1, -0.05) is 30.3 Å². The minimum Gasteiger partial charge on any atom is -0.375 e. The highest BCUT2D eigenvalue weighted by Crippen LogP contribution is 2.47. The lowest BCUT2D eigenvalue weighted by Gasteiger charge is -2.30. The predicted molar refractivity (Wildman–Crippen MR) is 77.6 cm³/mol. The third kappa shape index (κ3) is 2.72. The molecule has 20 heavy (non-hydrogen) atoms. The molecule has 108 valence electrons. The molecule has 4 heteroatoms. The quantitative estimate of drug-likeness (QED) is 0.868. The van der Waals surface area contributed by atoms with Crippen molar-refractivity contribution in [3.05, 3.63) is 35.9 Å². The van der Waals surface area contributed by atoms with Crippen LogP contribution < -0.4 is 10.6 Å². The average molecular weight is 274 g/mol. The molecule has 1 heterocycles. The molecular formula is C16H22N2O2. The highest BCUT2D eigenvalue weighted by Gasteiger charge is 2.44. The molecule has 0 radical (unpaired) electrons. The minimum absolute atomic E-state index is 0.0550. The van der Waals surface area contributed by atoms with E-state index in [1.807, 2.05) is 13.0 Å². The van der Waals surface area contributed by atoms with E-state index in [1.165, 1.54) is 5.56 Å². The van der Waals surface area contributed by atoms with Crippen LogP contribution in [0.25, 0.3) is 0 Å². The summed E-state index contributed by atoms with van der Waals surface area (Å²) in [5.74, 6) is 0.0550. The summed E-state index contributed by atoms with van der Waals surface area (Å²) in [6.45, 7) is 4.09. The van der Waals surface area contributed by atoms with Crippen LogP contribution in [0, 0.1) is 0 Å². The number of nitrogens with one attached hydrogen (secondary N) is 2. The Balaban J connectivity index is 1.58. The molecule has 1 saturated heterocycles. The highest BCUT2D eigenvalue weighted by molar-refractivity contribution is 5.82. The molecule has 1 aromatic rings. The van der Waals surface area contributed by atoms with Crippen LogP contribution in [0.2, 0.25) is 0 Å². The predicted octanol–water partition coefficient (Wildman–Crippen LogP) is 1.21. The van der Waals surface area contributed by atoms with Crippen LogP contribution >= 0.6 is 0 Å². The van der Waals surface area contributed by atoms with E-state index in [1.54, 1.807) is 0 Å². The van der Waals surface area contributed by atoms with Gasteiger partial charge in [-0.05, 0) is 25.3 Å². The van der Waals surface area contributed by atoms with Crippen molar-refractivity contribution in [2.75, 3.05) is 19.7 Å². The molecule has 2 fully saturated rings. The lowest BCUT2D eigenvalue weighted by atomic mass is 9.96. The Kier molecular flexibility index (Phi) is 3.76. The van der Waals surface area contributed by atoms with Gasteiger partial charge in [-0.15, -0.1) is 0 Å². The number of rotatable bonds is 4. The molecule has 3 rings (SSSR count). The number of morpholine rings is 1. The van der Waals surface area contributed by atoms with Crippen molar-refractivity contribution in [2.24, 2.45) is 0 Å². The summed E-state index contributed by atoms with van der Waals surface area (Å²) in [4.78, 5) is 12.3. The molecule has 2 aliphatic rings. The van der Waals surface area contributed by atoms with Gasteiger partial charge >= 0.3 is 0 Å². The second kappa shape index (κ2) is 5.54. The first-order chi connectivity index (χ1) is 9.71. The van der Waals surface area contributed by atoms with E-state index in [-0.39, 0.29) is 23.5 Å². The van der Waals surface area contributed by atoms with Gasteiger partial charge in [0.05, 0.1) is 12.7 Å². The first-order valence-electron chi connectivity index (χ1n) is 7.39. The van der Waals surface area contributed by atoms with E-state index >= 15 is 0 Å². The van der Waals surface area contributed by atoms with Gasteiger partial charge in [-0.2, -0.15) is 0 Å². The molecule has 1 saturated carbocycles. The van der Waals surface area contributed by atoms with Gasteiger partial charge < -0.3 is 15.4 Å². The van der Waals surface area contributed by atoms with Gasteiger partial charge in [-0.25, -0.2) is 0 Å². The Morgan fingerprint density at radius 1 is 1.40 bits per heavy atom. The van der Waals surface area contributed by atoms with Crippen LogP contribution in [0.4, 0.5) is 0 Å². The smallest absolute Gasteiger partial charge is 0.239 e. The molecule has 1 amide bonds. The van der Waals surface area contributed by atoms with Crippen LogP contribution in [-0.2, 0) is 14.9 Å². The van der Waals surface area contributed by atoms with E-state index < -0.39 is 0 Å². The number of hydrogen-bond acceptors (Lipinski definition) is 3. The zero-order chi connectivity index (χ0) is 14.0. The van der Waals surface area contributed by atoms with Crippen molar-refractivity contribution in [3.8, 4) is 0 Å². The summed E-state index contributed by atoms with van der Waals surface area (Å²) in [5.41, 5.74) is 1.50. The third-order valence-corrected chi connectivity index (χ3v) is 4.44. The summed E-state index contributed by atoms with van der Waals surface area (Å²) in [6.07, 6.45) is 2.25. The molecule has 0 bridgehead atoms. The summed E-state index contributed by atoms with van der Waals surface area (Å²) >= 11 is 0. The van der Waals surface area contributed by atoms with Crippen LogP contribution in [0.1, 0.15) is 25.3 Å². The first-order valence-corrected chi connectivity index (χ1v) is 7.39. The second-order valence-corrected chi connectivity index (χ2v) is 5.87. The fourth-order valence-electron chi connectivity index (χ4n) is 2.90. The van der Waals surface area contributed by atoms with Crippen molar-refractivity contribution >= 4 is 5.91 Å². The second-order valence-electron chi connectivity index (χ2n) is 5.87. The number of amides is 1. The van der Waals surface area contributed by atoms with Crippen LogP contribution in [0.15, 0.2) is 30.3 Å². The number of ether oxygens (including phenoxy) is 1. The Labute approximate surface area is 119 Å². The maximum Gasteiger partial charge on any atom is 0.239 e. The maximum absolute atomic E-state index is 12.3. The van der Waals surface area contributed by atoms with Crippen molar-refractivity contribution in [3.63, 3.8) is 0 Å². The largest absolute Gasteiger partial charge is 0.375 e. The molecular weight excluding hydrogens is 252 g/mol. The Hall–Kier alpha value is -1.39. The number of carbonyl (C=O) groups is 1. The lowest BCUT2D eigenvalue weighted by molar-refractivity contribution is -0.129. The molecule has 4 nitrogen and oxygen atoms in total. The Morgan fingerprint density at radius 2 is 2.15 bits per heavy atom. The molecule has 0 aromatic heterocycles. The third-order valence-electron chi connectivity index (χ3n) is 4.44. The zero-order valence-corrected chi connectivity index (χ0v) is 11.9. The van der Waals surface area contributed by atoms with Crippen molar-refractivity contribution < 1.29 is 9.53 Å². The monoisotopic (exact) mass is 274 g/mol. The molecule has 0 spiro atoms. The molecule has 2 N–H and O–H groups in total. The molecule has 2 atom stereocenters. The van der Waals surface area contributed by atoms with Gasteiger partial charge in [0.25, 0.3) is 0 Å². The van der Waals surface area contributed by atoms with E-state index in [2.05, 4.69) is 34.9 Å². The molecule has 1 aliphatic carbocycles. The molecule has 1 aliphatic heterocycles. The standard InChI is InChI=1S/C16H22N2O2/c1-12-14(17-9-10-20-12)15(19)18-11-16(7-8-16)13-5-3-2-4-6-13/h2-6,12,14,17H,7-11H2,1H3,(H,18,19)/t12-,14+/m1/s1. The first kappa shape index (κ1) is 13.6. The summed E-state index contributed by atoms with van der Waals surface area (Å²) in [5, 5.41) is 6.33. The molecule has 1 aromatic carbocycles. The van der Waals surface area contributed by atoms with Crippen molar-refractivity contribution in [1.29, 1.82) is 0 Å². The molecule has 0 unspecified atom stereocenters. The van der Waals surface area contributed by atoms with Crippen LogP contribution in [0.3, 0.4) is 0 Å². The van der Waals surface area contributed by atoms with E-state index in [0.717, 1.165) is 25.9 Å². The maximum atomic E-state index is 12.3. The fraction of sp³-hybridized carbons (Fsp3) is 0.562. The van der Waals surface area contributed by atoms with Crippen LogP contribution in [-0.4, -0.2) is 37.7 Å². The van der Waals surface area contributed by atoms with Gasteiger partial charge in [0.15, 0.2) is 0 Å². The topological polar surface area (TPSA) is 50.4 Å². The number of carbonyl (C=O) groups excluding carboxylic acids is 1. The van der Waals surface area contributed by atoms with E-state index in [0.29, 0.717) is 6.61 Å². The Bertz CT molecular complexity index is 471. The average Bonchev–Trinajstić information content (AvgIpc) is 3.27. The SMILES string of the molecule is C[C@H]1OCCN[C@@H]1C(=O)NCC1(c2ccccc2)CC1. The van der Waals surface area contributed by atoms with Gasteiger partial charge in [0.2, 0.25) is 5.91 Å². The lowest BCUT2D eigenvalue weighted by Crippen LogP contribution is -2.56.